The van der Waals surface area contributed by atoms with E-state index in [4.69, 9.17) is 0 Å². The van der Waals surface area contributed by atoms with Crippen LogP contribution in [0.5, 0.6) is 0 Å². The summed E-state index contributed by atoms with van der Waals surface area (Å²) in [7, 11) is 0. The zero-order valence-corrected chi connectivity index (χ0v) is 10.0. The van der Waals surface area contributed by atoms with Crippen LogP contribution in [-0.2, 0) is 0 Å². The van der Waals surface area contributed by atoms with Crippen molar-refractivity contribution in [3.05, 3.63) is 42.0 Å². The largest absolute Gasteiger partial charge is 0.143 e. The monoisotopic (exact) mass is 230 g/mol. The number of aryl methyl sites for hydroxylation is 1. The molecule has 0 N–H and O–H groups in total. The van der Waals surface area contributed by atoms with Crippen molar-refractivity contribution in [1.29, 1.82) is 0 Å². The molecule has 0 atom stereocenters. The van der Waals surface area contributed by atoms with Gasteiger partial charge in [0, 0.05) is 25.1 Å². The first kappa shape index (κ1) is 9.25. The lowest BCUT2D eigenvalue weighted by Gasteiger charge is -1.94. The number of hydrogen-bond acceptors (Lipinski definition) is 2. The van der Waals surface area contributed by atoms with Gasteiger partial charge in [-0.05, 0) is 37.3 Å². The second kappa shape index (κ2) is 3.26. The van der Waals surface area contributed by atoms with Gasteiger partial charge in [0.1, 0.15) is 0 Å². The fourth-order valence-corrected chi connectivity index (χ4v) is 3.15. The van der Waals surface area contributed by atoms with Crippen molar-refractivity contribution in [2.24, 2.45) is 0 Å². The Balaban J connectivity index is 2.55. The fraction of sp³-hybridized carbons (Fsp3) is 0.0769. The number of thiol groups is 1. The van der Waals surface area contributed by atoms with Crippen LogP contribution in [0.3, 0.4) is 0 Å². The Bertz CT molecular complexity index is 594. The van der Waals surface area contributed by atoms with Crippen LogP contribution < -0.4 is 0 Å². The van der Waals surface area contributed by atoms with Crippen molar-refractivity contribution in [2.45, 2.75) is 11.8 Å². The van der Waals surface area contributed by atoms with Gasteiger partial charge in [0.05, 0.1) is 0 Å². The van der Waals surface area contributed by atoms with Gasteiger partial charge in [-0.15, -0.1) is 24.0 Å². The van der Waals surface area contributed by atoms with Gasteiger partial charge in [0.15, 0.2) is 0 Å². The summed E-state index contributed by atoms with van der Waals surface area (Å²) in [5.41, 5.74) is 1.31. The topological polar surface area (TPSA) is 0 Å². The minimum atomic E-state index is 1.03. The number of rotatable bonds is 0. The summed E-state index contributed by atoms with van der Waals surface area (Å²) in [5, 5.41) is 2.68. The molecular weight excluding hydrogens is 220 g/mol. The zero-order valence-electron chi connectivity index (χ0n) is 8.32. The van der Waals surface area contributed by atoms with E-state index in [2.05, 4.69) is 49.9 Å². The van der Waals surface area contributed by atoms with Crippen LogP contribution >= 0.6 is 24.0 Å². The molecule has 0 saturated heterocycles. The molecule has 1 aromatic heterocycles. The molecule has 0 spiro atoms. The number of fused-ring (bicyclic) bond motifs is 3. The Kier molecular flexibility index (Phi) is 2.01. The van der Waals surface area contributed by atoms with Gasteiger partial charge in [0.25, 0.3) is 0 Å². The molecule has 0 aliphatic heterocycles. The zero-order chi connectivity index (χ0) is 10.4. The van der Waals surface area contributed by atoms with Crippen LogP contribution in [0.15, 0.2) is 41.3 Å². The molecule has 2 heteroatoms. The van der Waals surface area contributed by atoms with Crippen molar-refractivity contribution in [3.8, 4) is 0 Å². The smallest absolute Gasteiger partial charge is 0.0356 e. The average Bonchev–Trinajstić information content (AvgIpc) is 2.56. The van der Waals surface area contributed by atoms with Crippen LogP contribution in [0.2, 0.25) is 0 Å². The lowest BCUT2D eigenvalue weighted by Crippen LogP contribution is -1.70. The molecule has 74 valence electrons. The summed E-state index contributed by atoms with van der Waals surface area (Å²) in [4.78, 5) is 1.03. The molecule has 1 heterocycles. The van der Waals surface area contributed by atoms with Crippen molar-refractivity contribution < 1.29 is 0 Å². The molecule has 0 fully saturated rings. The van der Waals surface area contributed by atoms with Crippen molar-refractivity contribution in [2.75, 3.05) is 0 Å². The third-order valence-electron chi connectivity index (χ3n) is 2.61. The maximum Gasteiger partial charge on any atom is 0.0356 e. The average molecular weight is 230 g/mol. The third kappa shape index (κ3) is 1.45. The fourth-order valence-electron chi connectivity index (χ4n) is 1.88. The van der Waals surface area contributed by atoms with E-state index in [0.717, 1.165) is 4.90 Å². The van der Waals surface area contributed by atoms with Crippen molar-refractivity contribution >= 4 is 44.1 Å². The minimum Gasteiger partial charge on any atom is -0.143 e. The van der Waals surface area contributed by atoms with E-state index in [-0.39, 0.29) is 0 Å². The number of benzene rings is 2. The highest BCUT2D eigenvalue weighted by molar-refractivity contribution is 7.80. The quantitative estimate of drug-likeness (QED) is 0.534. The van der Waals surface area contributed by atoms with Gasteiger partial charge < -0.3 is 0 Å². The summed E-state index contributed by atoms with van der Waals surface area (Å²) in [6, 6.07) is 13.0. The molecule has 0 unspecified atom stereocenters. The summed E-state index contributed by atoms with van der Waals surface area (Å²) < 4.78 is 2.70. The van der Waals surface area contributed by atoms with Gasteiger partial charge in [-0.1, -0.05) is 11.6 Å². The molecular formula is C13H10S2. The van der Waals surface area contributed by atoms with E-state index in [1.54, 1.807) is 0 Å². The molecule has 2 aromatic carbocycles. The van der Waals surface area contributed by atoms with Gasteiger partial charge >= 0.3 is 0 Å². The standard InChI is InChI=1S/C13H10S2/c1-8-2-4-12-10(6-8)11-7-9(14)3-5-13(11)15-12/h2-7,14H,1H3. The Hall–Kier alpha value is -0.990. The molecule has 0 amide bonds. The maximum atomic E-state index is 4.39. The highest BCUT2D eigenvalue weighted by Gasteiger charge is 2.04. The predicted octanol–water partition coefficient (Wildman–Crippen LogP) is 4.65. The van der Waals surface area contributed by atoms with E-state index in [9.17, 15) is 0 Å². The molecule has 15 heavy (non-hydrogen) atoms. The first-order valence-corrected chi connectivity index (χ1v) is 6.12. The molecule has 0 saturated carbocycles. The predicted molar refractivity (Wildman–Crippen MR) is 71.3 cm³/mol. The Morgan fingerprint density at radius 2 is 1.60 bits per heavy atom. The van der Waals surface area contributed by atoms with Crippen molar-refractivity contribution in [3.63, 3.8) is 0 Å². The van der Waals surface area contributed by atoms with E-state index in [0.29, 0.717) is 0 Å². The lowest BCUT2D eigenvalue weighted by molar-refractivity contribution is 1.51. The number of hydrogen-bond donors (Lipinski definition) is 1. The molecule has 0 nitrogen and oxygen atoms in total. The summed E-state index contributed by atoms with van der Waals surface area (Å²) >= 11 is 6.24. The summed E-state index contributed by atoms with van der Waals surface area (Å²) in [5.74, 6) is 0. The van der Waals surface area contributed by atoms with E-state index < -0.39 is 0 Å². The highest BCUT2D eigenvalue weighted by atomic mass is 32.1. The van der Waals surface area contributed by atoms with Crippen molar-refractivity contribution in [1.82, 2.24) is 0 Å². The van der Waals surface area contributed by atoms with Crippen LogP contribution in [-0.4, -0.2) is 0 Å². The maximum absolute atomic E-state index is 4.39. The lowest BCUT2D eigenvalue weighted by atomic mass is 10.1. The second-order valence-electron chi connectivity index (χ2n) is 3.78. The Morgan fingerprint density at radius 1 is 0.933 bits per heavy atom. The SMILES string of the molecule is Cc1ccc2sc3ccc(S)cc3c2c1. The van der Waals surface area contributed by atoms with Crippen LogP contribution in [0, 0.1) is 6.92 Å². The number of thiophene rings is 1. The van der Waals surface area contributed by atoms with Gasteiger partial charge in [-0.2, -0.15) is 0 Å². The highest BCUT2D eigenvalue weighted by Crippen LogP contribution is 2.35. The molecule has 0 radical (unpaired) electrons. The minimum absolute atomic E-state index is 1.03. The molecule has 0 aliphatic carbocycles. The van der Waals surface area contributed by atoms with Crippen LogP contribution in [0.25, 0.3) is 20.2 Å². The molecule has 0 aliphatic rings. The first-order chi connectivity index (χ1) is 7.24. The normalized spacial score (nSPS) is 11.3. The van der Waals surface area contributed by atoms with Crippen LogP contribution in [0.1, 0.15) is 5.56 Å². The van der Waals surface area contributed by atoms with Crippen LogP contribution in [0.4, 0.5) is 0 Å². The first-order valence-electron chi connectivity index (χ1n) is 4.86. The van der Waals surface area contributed by atoms with Gasteiger partial charge in [-0.3, -0.25) is 0 Å². The summed E-state index contributed by atoms with van der Waals surface area (Å²) in [6.45, 7) is 2.13. The molecule has 3 aromatic rings. The second-order valence-corrected chi connectivity index (χ2v) is 5.38. The Labute approximate surface area is 98.0 Å². The van der Waals surface area contributed by atoms with E-state index >= 15 is 0 Å². The van der Waals surface area contributed by atoms with E-state index in [1.807, 2.05) is 17.4 Å². The molecule has 3 rings (SSSR count). The van der Waals surface area contributed by atoms with E-state index in [1.165, 1.54) is 25.7 Å². The third-order valence-corrected chi connectivity index (χ3v) is 4.04. The summed E-state index contributed by atoms with van der Waals surface area (Å²) in [6.07, 6.45) is 0. The van der Waals surface area contributed by atoms with Gasteiger partial charge in [0.2, 0.25) is 0 Å². The van der Waals surface area contributed by atoms with Gasteiger partial charge in [-0.25, -0.2) is 0 Å². The molecule has 0 bridgehead atoms. The Morgan fingerprint density at radius 3 is 2.40 bits per heavy atom.